The SMILES string of the molecule is CC(C)Oc1nc(N)nc(Sc2ccncc2)n1. The van der Waals surface area contributed by atoms with E-state index in [9.17, 15) is 0 Å². The molecule has 0 radical (unpaired) electrons. The number of nitrogen functional groups attached to an aromatic ring is 1. The van der Waals surface area contributed by atoms with Crippen molar-refractivity contribution in [3.63, 3.8) is 0 Å². The molecule has 0 aliphatic rings. The molecule has 0 spiro atoms. The van der Waals surface area contributed by atoms with Crippen LogP contribution in [-0.4, -0.2) is 26.0 Å². The number of aromatic nitrogens is 4. The molecule has 0 atom stereocenters. The van der Waals surface area contributed by atoms with E-state index in [2.05, 4.69) is 19.9 Å². The molecule has 0 saturated carbocycles. The van der Waals surface area contributed by atoms with E-state index >= 15 is 0 Å². The van der Waals surface area contributed by atoms with Crippen LogP contribution in [0.1, 0.15) is 13.8 Å². The number of nitrogens with two attached hydrogens (primary N) is 1. The fourth-order valence-corrected chi connectivity index (χ4v) is 1.91. The van der Waals surface area contributed by atoms with Gasteiger partial charge in [-0.05, 0) is 37.7 Å². The minimum Gasteiger partial charge on any atom is -0.461 e. The second-order valence-corrected chi connectivity index (χ2v) is 4.75. The Kier molecular flexibility index (Phi) is 3.93. The molecular formula is C11H13N5OS. The van der Waals surface area contributed by atoms with Crippen LogP contribution in [-0.2, 0) is 0 Å². The van der Waals surface area contributed by atoms with Crippen molar-refractivity contribution in [3.05, 3.63) is 24.5 Å². The summed E-state index contributed by atoms with van der Waals surface area (Å²) in [6, 6.07) is 3.98. The number of hydrogen-bond donors (Lipinski definition) is 1. The van der Waals surface area contributed by atoms with E-state index in [4.69, 9.17) is 10.5 Å². The van der Waals surface area contributed by atoms with Crippen LogP contribution >= 0.6 is 11.8 Å². The highest BCUT2D eigenvalue weighted by Crippen LogP contribution is 2.25. The average molecular weight is 263 g/mol. The van der Waals surface area contributed by atoms with Crippen molar-refractivity contribution < 1.29 is 4.74 Å². The van der Waals surface area contributed by atoms with Gasteiger partial charge in [-0.3, -0.25) is 4.98 Å². The third kappa shape index (κ3) is 3.56. The monoisotopic (exact) mass is 263 g/mol. The predicted octanol–water partition coefficient (Wildman–Crippen LogP) is 1.79. The second kappa shape index (κ2) is 5.63. The maximum atomic E-state index is 5.62. The van der Waals surface area contributed by atoms with Gasteiger partial charge >= 0.3 is 6.01 Å². The molecule has 18 heavy (non-hydrogen) atoms. The summed E-state index contributed by atoms with van der Waals surface area (Å²) >= 11 is 1.38. The molecule has 6 nitrogen and oxygen atoms in total. The fourth-order valence-electron chi connectivity index (χ4n) is 1.17. The molecule has 0 bridgehead atoms. The van der Waals surface area contributed by atoms with E-state index in [-0.39, 0.29) is 18.1 Å². The minimum atomic E-state index is -0.00873. The lowest BCUT2D eigenvalue weighted by molar-refractivity contribution is 0.219. The molecule has 94 valence electrons. The first-order valence-corrected chi connectivity index (χ1v) is 6.21. The molecule has 0 fully saturated rings. The van der Waals surface area contributed by atoms with Gasteiger partial charge in [0.25, 0.3) is 0 Å². The lowest BCUT2D eigenvalue weighted by Crippen LogP contribution is -2.10. The maximum Gasteiger partial charge on any atom is 0.322 e. The molecule has 0 aromatic carbocycles. The van der Waals surface area contributed by atoms with Crippen molar-refractivity contribution >= 4 is 17.7 Å². The zero-order valence-electron chi connectivity index (χ0n) is 10.1. The van der Waals surface area contributed by atoms with Gasteiger partial charge in [0.15, 0.2) is 0 Å². The summed E-state index contributed by atoms with van der Waals surface area (Å²) in [7, 11) is 0. The molecule has 0 saturated heterocycles. The van der Waals surface area contributed by atoms with Gasteiger partial charge in [0.1, 0.15) is 0 Å². The van der Waals surface area contributed by atoms with E-state index in [0.717, 1.165) is 4.90 Å². The van der Waals surface area contributed by atoms with Crippen LogP contribution in [0.3, 0.4) is 0 Å². The molecule has 0 aliphatic heterocycles. The predicted molar refractivity (Wildman–Crippen MR) is 68.4 cm³/mol. The molecule has 2 rings (SSSR count). The van der Waals surface area contributed by atoms with E-state index < -0.39 is 0 Å². The molecule has 2 N–H and O–H groups in total. The Hall–Kier alpha value is -1.89. The van der Waals surface area contributed by atoms with Gasteiger partial charge in [-0.1, -0.05) is 0 Å². The Balaban J connectivity index is 2.20. The van der Waals surface area contributed by atoms with Gasteiger partial charge in [0.05, 0.1) is 6.10 Å². The van der Waals surface area contributed by atoms with Crippen LogP contribution in [0.15, 0.2) is 34.6 Å². The van der Waals surface area contributed by atoms with Crippen molar-refractivity contribution in [1.29, 1.82) is 0 Å². The van der Waals surface area contributed by atoms with Crippen LogP contribution in [0, 0.1) is 0 Å². The summed E-state index contributed by atoms with van der Waals surface area (Å²) in [5, 5.41) is 0.504. The Morgan fingerprint density at radius 2 is 1.89 bits per heavy atom. The van der Waals surface area contributed by atoms with Crippen molar-refractivity contribution in [2.24, 2.45) is 0 Å². The molecule has 0 aliphatic carbocycles. The lowest BCUT2D eigenvalue weighted by Gasteiger charge is -2.08. The summed E-state index contributed by atoms with van der Waals surface area (Å²) in [4.78, 5) is 17.1. The zero-order chi connectivity index (χ0) is 13.0. The molecule has 0 unspecified atom stereocenters. The summed E-state index contributed by atoms with van der Waals surface area (Å²) in [5.41, 5.74) is 5.62. The second-order valence-electron chi connectivity index (χ2n) is 3.71. The highest BCUT2D eigenvalue weighted by atomic mass is 32.2. The Morgan fingerprint density at radius 1 is 1.17 bits per heavy atom. The largest absolute Gasteiger partial charge is 0.461 e. The van der Waals surface area contributed by atoms with Gasteiger partial charge in [-0.25, -0.2) is 0 Å². The Bertz CT molecular complexity index is 520. The van der Waals surface area contributed by atoms with Crippen LogP contribution in [0.5, 0.6) is 6.01 Å². The van der Waals surface area contributed by atoms with E-state index in [1.807, 2.05) is 26.0 Å². The summed E-state index contributed by atoms with van der Waals surface area (Å²) < 4.78 is 5.41. The van der Waals surface area contributed by atoms with Gasteiger partial charge < -0.3 is 10.5 Å². The van der Waals surface area contributed by atoms with Gasteiger partial charge in [0, 0.05) is 17.3 Å². The van der Waals surface area contributed by atoms with Gasteiger partial charge in [-0.2, -0.15) is 15.0 Å². The molecule has 2 aromatic rings. The van der Waals surface area contributed by atoms with Crippen LogP contribution in [0.2, 0.25) is 0 Å². The number of anilines is 1. The van der Waals surface area contributed by atoms with Crippen molar-refractivity contribution in [2.75, 3.05) is 5.73 Å². The first kappa shape index (κ1) is 12.6. The molecule has 7 heteroatoms. The maximum absolute atomic E-state index is 5.62. The van der Waals surface area contributed by atoms with E-state index in [1.54, 1.807) is 12.4 Å². The van der Waals surface area contributed by atoms with Crippen LogP contribution in [0.25, 0.3) is 0 Å². The quantitative estimate of drug-likeness (QED) is 0.899. The number of pyridine rings is 1. The number of nitrogens with zero attached hydrogens (tertiary/aromatic N) is 4. The molecule has 2 heterocycles. The van der Waals surface area contributed by atoms with Gasteiger partial charge in [-0.15, -0.1) is 0 Å². The Morgan fingerprint density at radius 3 is 2.56 bits per heavy atom. The minimum absolute atomic E-state index is 0.00873. The van der Waals surface area contributed by atoms with Gasteiger partial charge in [0.2, 0.25) is 11.1 Å². The topological polar surface area (TPSA) is 86.8 Å². The number of rotatable bonds is 4. The smallest absolute Gasteiger partial charge is 0.322 e. The molecule has 0 amide bonds. The van der Waals surface area contributed by atoms with Crippen molar-refractivity contribution in [2.45, 2.75) is 30.0 Å². The summed E-state index contributed by atoms with van der Waals surface area (Å²) in [5.74, 6) is 0.150. The zero-order valence-corrected chi connectivity index (χ0v) is 10.9. The standard InChI is InChI=1S/C11H13N5OS/c1-7(2)17-10-14-9(12)15-11(16-10)18-8-3-5-13-6-4-8/h3-7H,1-2H3,(H2,12,14,15,16). The molecular weight excluding hydrogens is 250 g/mol. The normalized spacial score (nSPS) is 10.6. The van der Waals surface area contributed by atoms with Crippen LogP contribution in [0.4, 0.5) is 5.95 Å². The lowest BCUT2D eigenvalue weighted by atomic mass is 10.5. The number of ether oxygens (including phenoxy) is 1. The fraction of sp³-hybridized carbons (Fsp3) is 0.273. The first-order chi connectivity index (χ1) is 8.63. The van der Waals surface area contributed by atoms with E-state index in [0.29, 0.717) is 5.16 Å². The first-order valence-electron chi connectivity index (χ1n) is 5.39. The number of hydrogen-bond acceptors (Lipinski definition) is 7. The highest BCUT2D eigenvalue weighted by Gasteiger charge is 2.08. The third-order valence-corrected chi connectivity index (χ3v) is 2.68. The summed E-state index contributed by atoms with van der Waals surface area (Å²) in [6.07, 6.45) is 3.40. The highest BCUT2D eigenvalue weighted by molar-refractivity contribution is 7.99. The molecule has 2 aromatic heterocycles. The summed E-state index contributed by atoms with van der Waals surface area (Å²) in [6.45, 7) is 3.80. The Labute approximate surface area is 109 Å². The van der Waals surface area contributed by atoms with Crippen molar-refractivity contribution in [3.8, 4) is 6.01 Å². The van der Waals surface area contributed by atoms with Crippen molar-refractivity contribution in [1.82, 2.24) is 19.9 Å². The van der Waals surface area contributed by atoms with E-state index in [1.165, 1.54) is 11.8 Å². The third-order valence-electron chi connectivity index (χ3n) is 1.81. The average Bonchev–Trinajstić information content (AvgIpc) is 2.28. The van der Waals surface area contributed by atoms with Crippen LogP contribution < -0.4 is 10.5 Å².